The van der Waals surface area contributed by atoms with E-state index < -0.39 is 23.3 Å². The smallest absolute Gasteiger partial charge is 0.410 e. The average molecular weight is 231 g/mol. The number of aliphatic hydroxyl groups excluding tert-OH is 2. The van der Waals surface area contributed by atoms with Gasteiger partial charge in [0.1, 0.15) is 5.60 Å². The largest absolute Gasteiger partial charge is 0.444 e. The van der Waals surface area contributed by atoms with Gasteiger partial charge in [0.15, 0.2) is 0 Å². The Balaban J connectivity index is 2.75. The quantitative estimate of drug-likeness (QED) is 0.698. The number of β-amino-alcohol motifs (C(OH)–C–C–N with tert-alkyl or cyclic N) is 1. The number of aliphatic hydroxyl groups is 2. The molecule has 94 valence electrons. The molecular weight excluding hydrogens is 210 g/mol. The van der Waals surface area contributed by atoms with Gasteiger partial charge in [-0.15, -0.1) is 0 Å². The zero-order valence-electron chi connectivity index (χ0n) is 10.4. The summed E-state index contributed by atoms with van der Waals surface area (Å²) in [6.45, 7) is 7.14. The van der Waals surface area contributed by atoms with Gasteiger partial charge in [-0.2, -0.15) is 0 Å². The van der Waals surface area contributed by atoms with E-state index in [0.29, 0.717) is 6.42 Å². The topological polar surface area (TPSA) is 70.0 Å². The molecule has 1 rings (SSSR count). The van der Waals surface area contributed by atoms with E-state index in [2.05, 4.69) is 0 Å². The van der Waals surface area contributed by atoms with E-state index in [1.165, 1.54) is 4.90 Å². The Hall–Kier alpha value is -0.810. The van der Waals surface area contributed by atoms with E-state index in [9.17, 15) is 15.0 Å². The predicted molar refractivity (Wildman–Crippen MR) is 59.1 cm³/mol. The van der Waals surface area contributed by atoms with E-state index in [1.807, 2.05) is 0 Å². The van der Waals surface area contributed by atoms with Gasteiger partial charge in [-0.05, 0) is 27.7 Å². The molecule has 1 saturated heterocycles. The SMILES string of the molecule is CC(C)(C)OC(=O)N1C[C@@H](O)C[C@]1(C)CO. The summed E-state index contributed by atoms with van der Waals surface area (Å²) in [5.74, 6) is 0. The first kappa shape index (κ1) is 13.3. The standard InChI is InChI=1S/C11H21NO4/c1-10(2,3)16-9(15)12-6-8(14)5-11(12,4)7-13/h8,13-14H,5-7H2,1-4H3/t8-,11+/m0/s1. The van der Waals surface area contributed by atoms with Gasteiger partial charge in [0.05, 0.1) is 24.8 Å². The van der Waals surface area contributed by atoms with Crippen molar-refractivity contribution >= 4 is 6.09 Å². The summed E-state index contributed by atoms with van der Waals surface area (Å²) >= 11 is 0. The Labute approximate surface area is 96.0 Å². The van der Waals surface area contributed by atoms with Crippen LogP contribution in [0.15, 0.2) is 0 Å². The molecule has 0 aromatic rings. The highest BCUT2D eigenvalue weighted by Gasteiger charge is 2.45. The predicted octanol–water partition coefficient (Wildman–Crippen LogP) is 0.739. The fraction of sp³-hybridized carbons (Fsp3) is 0.909. The number of hydrogen-bond donors (Lipinski definition) is 2. The third kappa shape index (κ3) is 2.86. The molecule has 0 spiro atoms. The van der Waals surface area contributed by atoms with Crippen LogP contribution in [0.4, 0.5) is 4.79 Å². The number of carbonyl (C=O) groups is 1. The highest BCUT2D eigenvalue weighted by atomic mass is 16.6. The van der Waals surface area contributed by atoms with Gasteiger partial charge in [0.2, 0.25) is 0 Å². The van der Waals surface area contributed by atoms with Gasteiger partial charge in [0.25, 0.3) is 0 Å². The van der Waals surface area contributed by atoms with Crippen molar-refractivity contribution in [3.05, 3.63) is 0 Å². The number of carbonyl (C=O) groups excluding carboxylic acids is 1. The van der Waals surface area contributed by atoms with Crippen LogP contribution in [0.25, 0.3) is 0 Å². The summed E-state index contributed by atoms with van der Waals surface area (Å²) in [6.07, 6.45) is -0.701. The molecule has 0 saturated carbocycles. The second-order valence-corrected chi connectivity index (χ2v) is 5.60. The van der Waals surface area contributed by atoms with Gasteiger partial charge in [-0.1, -0.05) is 0 Å². The van der Waals surface area contributed by atoms with Crippen LogP contribution < -0.4 is 0 Å². The zero-order valence-corrected chi connectivity index (χ0v) is 10.4. The van der Waals surface area contributed by atoms with Crippen LogP contribution in [0.2, 0.25) is 0 Å². The van der Waals surface area contributed by atoms with Crippen molar-refractivity contribution in [3.8, 4) is 0 Å². The molecule has 0 unspecified atom stereocenters. The molecule has 1 aliphatic heterocycles. The molecule has 5 heteroatoms. The molecule has 5 nitrogen and oxygen atoms in total. The van der Waals surface area contributed by atoms with Crippen LogP contribution in [-0.2, 0) is 4.74 Å². The lowest BCUT2D eigenvalue weighted by Gasteiger charge is -2.34. The molecule has 0 bridgehead atoms. The monoisotopic (exact) mass is 231 g/mol. The normalized spacial score (nSPS) is 30.6. The lowest BCUT2D eigenvalue weighted by Crippen LogP contribution is -2.49. The Kier molecular flexibility index (Phi) is 3.50. The van der Waals surface area contributed by atoms with Crippen molar-refractivity contribution in [2.45, 2.75) is 51.4 Å². The maximum atomic E-state index is 11.9. The second-order valence-electron chi connectivity index (χ2n) is 5.60. The Morgan fingerprint density at radius 3 is 2.56 bits per heavy atom. The maximum Gasteiger partial charge on any atom is 0.410 e. The molecule has 0 aromatic heterocycles. The minimum absolute atomic E-state index is 0.177. The highest BCUT2D eigenvalue weighted by molar-refractivity contribution is 5.69. The van der Waals surface area contributed by atoms with E-state index in [0.717, 1.165) is 0 Å². The van der Waals surface area contributed by atoms with Gasteiger partial charge >= 0.3 is 6.09 Å². The minimum Gasteiger partial charge on any atom is -0.444 e. The zero-order chi connectivity index (χ0) is 12.6. The average Bonchev–Trinajstić information content (AvgIpc) is 2.40. The first-order valence-electron chi connectivity index (χ1n) is 5.47. The summed E-state index contributed by atoms with van der Waals surface area (Å²) in [6, 6.07) is 0. The number of ether oxygens (including phenoxy) is 1. The number of amides is 1. The van der Waals surface area contributed by atoms with Crippen molar-refractivity contribution in [2.75, 3.05) is 13.2 Å². The molecule has 1 amide bonds. The molecule has 0 radical (unpaired) electrons. The molecular formula is C11H21NO4. The van der Waals surface area contributed by atoms with E-state index >= 15 is 0 Å². The Morgan fingerprint density at radius 2 is 2.12 bits per heavy atom. The number of hydrogen-bond acceptors (Lipinski definition) is 4. The first-order valence-corrected chi connectivity index (χ1v) is 5.47. The summed E-state index contributed by atoms with van der Waals surface area (Å²) in [5.41, 5.74) is -1.29. The van der Waals surface area contributed by atoms with Gasteiger partial charge < -0.3 is 14.9 Å². The molecule has 1 aliphatic rings. The highest BCUT2D eigenvalue weighted by Crippen LogP contribution is 2.30. The fourth-order valence-electron chi connectivity index (χ4n) is 1.88. The van der Waals surface area contributed by atoms with Crippen LogP contribution in [0.3, 0.4) is 0 Å². The third-order valence-electron chi connectivity index (χ3n) is 2.67. The number of rotatable bonds is 1. The van der Waals surface area contributed by atoms with Crippen LogP contribution in [0.5, 0.6) is 0 Å². The van der Waals surface area contributed by atoms with E-state index in [-0.39, 0.29) is 13.2 Å². The van der Waals surface area contributed by atoms with Gasteiger partial charge in [0, 0.05) is 6.42 Å². The maximum absolute atomic E-state index is 11.9. The van der Waals surface area contributed by atoms with Crippen LogP contribution >= 0.6 is 0 Å². The summed E-state index contributed by atoms with van der Waals surface area (Å²) in [5, 5.41) is 18.9. The summed E-state index contributed by atoms with van der Waals surface area (Å²) in [7, 11) is 0. The lowest BCUT2D eigenvalue weighted by molar-refractivity contribution is -0.000401. The van der Waals surface area contributed by atoms with E-state index in [4.69, 9.17) is 4.74 Å². The molecule has 2 N–H and O–H groups in total. The van der Waals surface area contributed by atoms with Crippen LogP contribution in [0.1, 0.15) is 34.1 Å². The molecule has 1 fully saturated rings. The van der Waals surface area contributed by atoms with Crippen LogP contribution in [0, 0.1) is 0 Å². The van der Waals surface area contributed by atoms with Crippen molar-refractivity contribution in [1.82, 2.24) is 4.90 Å². The molecule has 0 aromatic carbocycles. The summed E-state index contributed by atoms with van der Waals surface area (Å²) in [4.78, 5) is 13.3. The van der Waals surface area contributed by atoms with Gasteiger partial charge in [-0.25, -0.2) is 4.79 Å². The number of likely N-dealkylation sites (tertiary alicyclic amines) is 1. The number of nitrogens with zero attached hydrogens (tertiary/aromatic N) is 1. The molecule has 1 heterocycles. The lowest BCUT2D eigenvalue weighted by atomic mass is 10.00. The summed E-state index contributed by atoms with van der Waals surface area (Å²) < 4.78 is 5.23. The second kappa shape index (κ2) is 4.22. The Bertz CT molecular complexity index is 274. The van der Waals surface area contributed by atoms with Crippen molar-refractivity contribution in [2.24, 2.45) is 0 Å². The third-order valence-corrected chi connectivity index (χ3v) is 2.67. The first-order chi connectivity index (χ1) is 7.18. The molecule has 2 atom stereocenters. The van der Waals surface area contributed by atoms with Crippen molar-refractivity contribution in [3.63, 3.8) is 0 Å². The molecule has 0 aliphatic carbocycles. The fourth-order valence-corrected chi connectivity index (χ4v) is 1.88. The van der Waals surface area contributed by atoms with Crippen LogP contribution in [-0.4, -0.2) is 51.6 Å². The molecule has 16 heavy (non-hydrogen) atoms. The Morgan fingerprint density at radius 1 is 1.56 bits per heavy atom. The van der Waals surface area contributed by atoms with Gasteiger partial charge in [-0.3, -0.25) is 4.90 Å². The van der Waals surface area contributed by atoms with E-state index in [1.54, 1.807) is 27.7 Å². The van der Waals surface area contributed by atoms with Crippen molar-refractivity contribution < 1.29 is 19.7 Å². The minimum atomic E-state index is -0.720. The van der Waals surface area contributed by atoms with Crippen molar-refractivity contribution in [1.29, 1.82) is 0 Å².